The molecule has 0 N–H and O–H groups in total. The molecule has 0 aliphatic rings. The molecule has 2 aromatic rings. The largest absolute Gasteiger partial charge is 0.276 e. The summed E-state index contributed by atoms with van der Waals surface area (Å²) in [7, 11) is 1.84. The van der Waals surface area contributed by atoms with Gasteiger partial charge in [-0.15, -0.1) is 0 Å². The molecule has 1 heterocycles. The molecule has 3 nitrogen and oxygen atoms in total. The second kappa shape index (κ2) is 4.28. The van der Waals surface area contributed by atoms with E-state index in [0.29, 0.717) is 10.6 Å². The molecule has 0 fully saturated rings. The lowest BCUT2D eigenvalue weighted by molar-refractivity contribution is 0.108. The summed E-state index contributed by atoms with van der Waals surface area (Å²) >= 11 is 11.3. The van der Waals surface area contributed by atoms with E-state index in [1.807, 2.05) is 19.3 Å². The van der Waals surface area contributed by atoms with Crippen molar-refractivity contribution < 1.29 is 4.79 Å². The van der Waals surface area contributed by atoms with Gasteiger partial charge in [0.1, 0.15) is 0 Å². The average molecular weight is 255 g/mol. The van der Waals surface area contributed by atoms with Crippen LogP contribution in [0.1, 0.15) is 10.4 Å². The standard InChI is InChI=1S/C11H8Cl2N2O/c1-15-5-4-10(14-15)7-2-3-8(11(13)16)9(12)6-7/h2-6H,1H3. The van der Waals surface area contributed by atoms with Crippen LogP contribution in [-0.4, -0.2) is 15.0 Å². The first kappa shape index (κ1) is 11.2. The average Bonchev–Trinajstić information content (AvgIpc) is 2.64. The van der Waals surface area contributed by atoms with Gasteiger partial charge < -0.3 is 0 Å². The van der Waals surface area contributed by atoms with E-state index in [4.69, 9.17) is 23.2 Å². The van der Waals surface area contributed by atoms with Crippen LogP contribution < -0.4 is 0 Å². The van der Waals surface area contributed by atoms with Crippen LogP contribution in [0.15, 0.2) is 30.5 Å². The first-order valence-corrected chi connectivity index (χ1v) is 5.33. The zero-order valence-electron chi connectivity index (χ0n) is 8.45. The van der Waals surface area contributed by atoms with Gasteiger partial charge in [-0.1, -0.05) is 17.7 Å². The molecule has 2 rings (SSSR count). The maximum absolute atomic E-state index is 11.0. The maximum Gasteiger partial charge on any atom is 0.253 e. The lowest BCUT2D eigenvalue weighted by atomic mass is 10.1. The highest BCUT2D eigenvalue weighted by molar-refractivity contribution is 6.68. The summed E-state index contributed by atoms with van der Waals surface area (Å²) in [5.41, 5.74) is 1.97. The number of hydrogen-bond donors (Lipinski definition) is 0. The van der Waals surface area contributed by atoms with Crippen molar-refractivity contribution in [3.8, 4) is 11.3 Å². The van der Waals surface area contributed by atoms with Crippen LogP contribution in [-0.2, 0) is 7.05 Å². The number of aryl methyl sites for hydroxylation is 1. The first-order valence-electron chi connectivity index (χ1n) is 4.57. The molecular formula is C11H8Cl2N2O. The van der Waals surface area contributed by atoms with E-state index in [1.165, 1.54) is 0 Å². The molecule has 0 saturated carbocycles. The Morgan fingerprint density at radius 3 is 2.62 bits per heavy atom. The molecular weight excluding hydrogens is 247 g/mol. The fourth-order valence-corrected chi connectivity index (χ4v) is 1.88. The molecule has 0 amide bonds. The number of carbonyl (C=O) groups is 1. The fraction of sp³-hybridized carbons (Fsp3) is 0.0909. The van der Waals surface area contributed by atoms with Crippen molar-refractivity contribution in [1.29, 1.82) is 0 Å². The highest BCUT2D eigenvalue weighted by Crippen LogP contribution is 2.25. The van der Waals surface area contributed by atoms with Crippen LogP contribution in [0.4, 0.5) is 0 Å². The van der Waals surface area contributed by atoms with Gasteiger partial charge in [0.05, 0.1) is 16.3 Å². The predicted octanol–water partition coefficient (Wildman–Crippen LogP) is 3.12. The van der Waals surface area contributed by atoms with Crippen molar-refractivity contribution in [3.05, 3.63) is 41.0 Å². The van der Waals surface area contributed by atoms with Crippen molar-refractivity contribution in [2.45, 2.75) is 0 Å². The number of aromatic nitrogens is 2. The molecule has 0 radical (unpaired) electrons. The SMILES string of the molecule is Cn1ccc(-c2ccc(C(=O)Cl)c(Cl)c2)n1. The minimum absolute atomic E-state index is 0.308. The Morgan fingerprint density at radius 2 is 2.12 bits per heavy atom. The highest BCUT2D eigenvalue weighted by Gasteiger charge is 2.09. The monoisotopic (exact) mass is 254 g/mol. The Labute approximate surface area is 103 Å². The third-order valence-corrected chi connectivity index (χ3v) is 2.71. The Kier molecular flexibility index (Phi) is 2.99. The molecule has 5 heteroatoms. The summed E-state index contributed by atoms with van der Waals surface area (Å²) in [5, 5.41) is 4.02. The number of carbonyl (C=O) groups excluding carboxylic acids is 1. The highest BCUT2D eigenvalue weighted by atomic mass is 35.5. The van der Waals surface area contributed by atoms with Crippen LogP contribution >= 0.6 is 23.2 Å². The summed E-state index contributed by atoms with van der Waals surface area (Å²) in [6.07, 6.45) is 1.84. The molecule has 82 valence electrons. The van der Waals surface area contributed by atoms with Gasteiger partial charge in [0, 0.05) is 18.8 Å². The Bertz CT molecular complexity index is 549. The van der Waals surface area contributed by atoms with Gasteiger partial charge >= 0.3 is 0 Å². The van der Waals surface area contributed by atoms with Crippen molar-refractivity contribution in [2.75, 3.05) is 0 Å². The van der Waals surface area contributed by atoms with Crippen LogP contribution in [0, 0.1) is 0 Å². The summed E-state index contributed by atoms with van der Waals surface area (Å²) in [5.74, 6) is 0. The van der Waals surface area contributed by atoms with Gasteiger partial charge in [0.15, 0.2) is 0 Å². The van der Waals surface area contributed by atoms with E-state index in [9.17, 15) is 4.79 Å². The molecule has 1 aromatic heterocycles. The van der Waals surface area contributed by atoms with E-state index < -0.39 is 5.24 Å². The fourth-order valence-electron chi connectivity index (χ4n) is 1.40. The first-order chi connectivity index (χ1) is 7.58. The van der Waals surface area contributed by atoms with Gasteiger partial charge in [0.2, 0.25) is 0 Å². The molecule has 0 saturated heterocycles. The van der Waals surface area contributed by atoms with Gasteiger partial charge in [-0.3, -0.25) is 9.48 Å². The van der Waals surface area contributed by atoms with Crippen molar-refractivity contribution in [1.82, 2.24) is 9.78 Å². The molecule has 0 atom stereocenters. The van der Waals surface area contributed by atoms with E-state index >= 15 is 0 Å². The normalized spacial score (nSPS) is 10.4. The molecule has 0 bridgehead atoms. The minimum atomic E-state index is -0.558. The van der Waals surface area contributed by atoms with Crippen LogP contribution in [0.25, 0.3) is 11.3 Å². The van der Waals surface area contributed by atoms with Crippen molar-refractivity contribution >= 4 is 28.4 Å². The Balaban J connectivity index is 2.45. The number of nitrogens with zero attached hydrogens (tertiary/aromatic N) is 2. The molecule has 0 spiro atoms. The lowest BCUT2D eigenvalue weighted by Crippen LogP contribution is -1.92. The predicted molar refractivity (Wildman–Crippen MR) is 63.8 cm³/mol. The topological polar surface area (TPSA) is 34.9 Å². The van der Waals surface area contributed by atoms with E-state index in [2.05, 4.69) is 5.10 Å². The second-order valence-corrected chi connectivity index (χ2v) is 4.09. The lowest BCUT2D eigenvalue weighted by Gasteiger charge is -2.01. The second-order valence-electron chi connectivity index (χ2n) is 3.34. The van der Waals surface area contributed by atoms with Crippen molar-refractivity contribution in [2.24, 2.45) is 7.05 Å². The Hall–Kier alpha value is -1.32. The summed E-state index contributed by atoms with van der Waals surface area (Å²) < 4.78 is 1.70. The van der Waals surface area contributed by atoms with Gasteiger partial charge in [-0.25, -0.2) is 0 Å². The maximum atomic E-state index is 11.0. The molecule has 16 heavy (non-hydrogen) atoms. The van der Waals surface area contributed by atoms with Crippen LogP contribution in [0.5, 0.6) is 0 Å². The smallest absolute Gasteiger partial charge is 0.253 e. The third kappa shape index (κ3) is 2.10. The zero-order chi connectivity index (χ0) is 11.7. The molecule has 1 aromatic carbocycles. The van der Waals surface area contributed by atoms with Crippen LogP contribution in [0.2, 0.25) is 5.02 Å². The van der Waals surface area contributed by atoms with Gasteiger partial charge in [-0.05, 0) is 29.8 Å². The minimum Gasteiger partial charge on any atom is -0.276 e. The van der Waals surface area contributed by atoms with Gasteiger partial charge in [0.25, 0.3) is 5.24 Å². The van der Waals surface area contributed by atoms with E-state index in [1.54, 1.807) is 22.9 Å². The van der Waals surface area contributed by atoms with E-state index in [-0.39, 0.29) is 0 Å². The zero-order valence-corrected chi connectivity index (χ0v) is 9.96. The third-order valence-electron chi connectivity index (χ3n) is 2.19. The number of rotatable bonds is 2. The molecule has 0 unspecified atom stereocenters. The number of hydrogen-bond acceptors (Lipinski definition) is 2. The summed E-state index contributed by atoms with van der Waals surface area (Å²) in [6.45, 7) is 0. The molecule has 0 aliphatic heterocycles. The summed E-state index contributed by atoms with van der Waals surface area (Å²) in [6, 6.07) is 6.92. The number of benzene rings is 1. The Morgan fingerprint density at radius 1 is 1.38 bits per heavy atom. The van der Waals surface area contributed by atoms with Gasteiger partial charge in [-0.2, -0.15) is 5.10 Å². The molecule has 0 aliphatic carbocycles. The summed E-state index contributed by atoms with van der Waals surface area (Å²) in [4.78, 5) is 11.0. The number of halogens is 2. The van der Waals surface area contributed by atoms with Crippen LogP contribution in [0.3, 0.4) is 0 Å². The van der Waals surface area contributed by atoms with E-state index in [0.717, 1.165) is 11.3 Å². The van der Waals surface area contributed by atoms with Crippen molar-refractivity contribution in [3.63, 3.8) is 0 Å². The quantitative estimate of drug-likeness (QED) is 0.773.